The molecule has 0 radical (unpaired) electrons. The molecule has 0 aliphatic carbocycles. The van der Waals surface area contributed by atoms with Gasteiger partial charge in [-0.2, -0.15) is 5.26 Å². The number of nitrogens with zero attached hydrogens (tertiary/aromatic N) is 1. The molecule has 4 heteroatoms. The van der Waals surface area contributed by atoms with Gasteiger partial charge in [0.15, 0.2) is 11.5 Å². The minimum atomic E-state index is -0.232. The van der Waals surface area contributed by atoms with Crippen LogP contribution in [0.5, 0.6) is 17.2 Å². The molecule has 0 aliphatic rings. The summed E-state index contributed by atoms with van der Waals surface area (Å²) in [5, 5.41) is 9.41. The van der Waals surface area contributed by atoms with Crippen molar-refractivity contribution in [3.8, 4) is 23.3 Å². The van der Waals surface area contributed by atoms with E-state index in [9.17, 15) is 5.26 Å². The standard InChI is InChI=1S/C19H21NO3/c1-3-22-18-9-4-5-10-19(18)23-12-11-16(14-20)15-7-6-8-17(13-15)21-2/h4-10,13,16H,3,11-12H2,1-2H3. The molecular weight excluding hydrogens is 290 g/mol. The van der Waals surface area contributed by atoms with Gasteiger partial charge in [0.05, 0.1) is 32.3 Å². The molecule has 0 aromatic heterocycles. The lowest BCUT2D eigenvalue weighted by atomic mass is 9.97. The van der Waals surface area contributed by atoms with Crippen molar-refractivity contribution < 1.29 is 14.2 Å². The number of para-hydroxylation sites is 2. The van der Waals surface area contributed by atoms with Gasteiger partial charge in [0, 0.05) is 6.42 Å². The van der Waals surface area contributed by atoms with Crippen molar-refractivity contribution in [3.63, 3.8) is 0 Å². The lowest BCUT2D eigenvalue weighted by Crippen LogP contribution is -2.06. The fourth-order valence-corrected chi connectivity index (χ4v) is 2.29. The summed E-state index contributed by atoms with van der Waals surface area (Å²) in [6.07, 6.45) is 0.601. The van der Waals surface area contributed by atoms with Gasteiger partial charge in [0.1, 0.15) is 5.75 Å². The second-order valence-corrected chi connectivity index (χ2v) is 4.98. The van der Waals surface area contributed by atoms with Gasteiger partial charge in [0.25, 0.3) is 0 Å². The molecule has 2 aromatic rings. The van der Waals surface area contributed by atoms with Gasteiger partial charge in [-0.05, 0) is 36.8 Å². The molecule has 0 saturated carbocycles. The van der Waals surface area contributed by atoms with Crippen LogP contribution >= 0.6 is 0 Å². The van der Waals surface area contributed by atoms with Crippen LogP contribution in [0.15, 0.2) is 48.5 Å². The van der Waals surface area contributed by atoms with Crippen LogP contribution in [-0.4, -0.2) is 20.3 Å². The van der Waals surface area contributed by atoms with Gasteiger partial charge in [-0.15, -0.1) is 0 Å². The van der Waals surface area contributed by atoms with E-state index in [2.05, 4.69) is 6.07 Å². The molecule has 0 N–H and O–H groups in total. The molecule has 2 rings (SSSR count). The molecule has 0 bridgehead atoms. The Morgan fingerprint density at radius 3 is 2.43 bits per heavy atom. The van der Waals surface area contributed by atoms with E-state index in [0.29, 0.717) is 25.4 Å². The van der Waals surface area contributed by atoms with Crippen molar-refractivity contribution >= 4 is 0 Å². The summed E-state index contributed by atoms with van der Waals surface area (Å²) in [7, 11) is 1.62. The van der Waals surface area contributed by atoms with E-state index >= 15 is 0 Å². The van der Waals surface area contributed by atoms with Gasteiger partial charge in [-0.1, -0.05) is 24.3 Å². The third kappa shape index (κ3) is 4.65. The molecule has 0 amide bonds. The maximum absolute atomic E-state index is 9.41. The Morgan fingerprint density at radius 2 is 1.78 bits per heavy atom. The Balaban J connectivity index is 1.97. The van der Waals surface area contributed by atoms with Crippen molar-refractivity contribution in [2.45, 2.75) is 19.3 Å². The van der Waals surface area contributed by atoms with E-state index in [1.807, 2.05) is 55.5 Å². The summed E-state index contributed by atoms with van der Waals surface area (Å²) in [5.74, 6) is 1.95. The Hall–Kier alpha value is -2.67. The van der Waals surface area contributed by atoms with Crippen LogP contribution in [0.3, 0.4) is 0 Å². The lowest BCUT2D eigenvalue weighted by Gasteiger charge is -2.14. The molecule has 4 nitrogen and oxygen atoms in total. The zero-order valence-electron chi connectivity index (χ0n) is 13.5. The molecule has 0 heterocycles. The summed E-state index contributed by atoms with van der Waals surface area (Å²) >= 11 is 0. The van der Waals surface area contributed by atoms with Crippen molar-refractivity contribution in [2.24, 2.45) is 0 Å². The number of benzene rings is 2. The van der Waals surface area contributed by atoms with E-state index in [1.54, 1.807) is 7.11 Å². The average molecular weight is 311 g/mol. The summed E-state index contributed by atoms with van der Waals surface area (Å²) in [4.78, 5) is 0. The first kappa shape index (κ1) is 16.7. The van der Waals surface area contributed by atoms with Crippen LogP contribution < -0.4 is 14.2 Å². The third-order valence-electron chi connectivity index (χ3n) is 3.47. The van der Waals surface area contributed by atoms with Crippen molar-refractivity contribution in [3.05, 3.63) is 54.1 Å². The highest BCUT2D eigenvalue weighted by atomic mass is 16.5. The number of methoxy groups -OCH3 is 1. The number of ether oxygens (including phenoxy) is 3. The summed E-state index contributed by atoms with van der Waals surface area (Å²) in [6, 6.07) is 17.5. The molecule has 1 unspecified atom stereocenters. The molecule has 120 valence electrons. The van der Waals surface area contributed by atoms with Crippen molar-refractivity contribution in [1.82, 2.24) is 0 Å². The summed E-state index contributed by atoms with van der Waals surface area (Å²) in [6.45, 7) is 2.97. The van der Waals surface area contributed by atoms with E-state index in [1.165, 1.54) is 0 Å². The normalized spacial score (nSPS) is 11.3. The number of nitriles is 1. The molecule has 0 aliphatic heterocycles. The van der Waals surface area contributed by atoms with Crippen LogP contribution in [0.4, 0.5) is 0 Å². The van der Waals surface area contributed by atoms with E-state index in [-0.39, 0.29) is 5.92 Å². The molecule has 0 saturated heterocycles. The highest BCUT2D eigenvalue weighted by Gasteiger charge is 2.12. The quantitative estimate of drug-likeness (QED) is 0.734. The van der Waals surface area contributed by atoms with Gasteiger partial charge < -0.3 is 14.2 Å². The first-order chi connectivity index (χ1) is 11.3. The van der Waals surface area contributed by atoms with Crippen LogP contribution in [0, 0.1) is 11.3 Å². The molecule has 0 fully saturated rings. The summed E-state index contributed by atoms with van der Waals surface area (Å²) < 4.78 is 16.5. The van der Waals surface area contributed by atoms with Crippen LogP contribution in [0.1, 0.15) is 24.8 Å². The fourth-order valence-electron chi connectivity index (χ4n) is 2.29. The minimum absolute atomic E-state index is 0.232. The second kappa shape index (κ2) is 8.70. The van der Waals surface area contributed by atoms with Gasteiger partial charge >= 0.3 is 0 Å². The first-order valence-electron chi connectivity index (χ1n) is 7.66. The van der Waals surface area contributed by atoms with Crippen LogP contribution in [0.2, 0.25) is 0 Å². The zero-order chi connectivity index (χ0) is 16.5. The highest BCUT2D eigenvalue weighted by Crippen LogP contribution is 2.28. The Kier molecular flexibility index (Phi) is 6.31. The number of rotatable bonds is 8. The summed E-state index contributed by atoms with van der Waals surface area (Å²) in [5.41, 5.74) is 0.938. The Morgan fingerprint density at radius 1 is 1.04 bits per heavy atom. The maximum atomic E-state index is 9.41. The predicted octanol–water partition coefficient (Wildman–Crippen LogP) is 4.17. The largest absolute Gasteiger partial charge is 0.497 e. The minimum Gasteiger partial charge on any atom is -0.497 e. The van der Waals surface area contributed by atoms with Crippen molar-refractivity contribution in [1.29, 1.82) is 5.26 Å². The maximum Gasteiger partial charge on any atom is 0.161 e. The van der Waals surface area contributed by atoms with Gasteiger partial charge in [-0.25, -0.2) is 0 Å². The first-order valence-corrected chi connectivity index (χ1v) is 7.66. The fraction of sp³-hybridized carbons (Fsp3) is 0.316. The lowest BCUT2D eigenvalue weighted by molar-refractivity contribution is 0.271. The molecular formula is C19H21NO3. The zero-order valence-corrected chi connectivity index (χ0v) is 13.5. The van der Waals surface area contributed by atoms with Crippen LogP contribution in [0.25, 0.3) is 0 Å². The number of hydrogen-bond acceptors (Lipinski definition) is 4. The number of hydrogen-bond donors (Lipinski definition) is 0. The van der Waals surface area contributed by atoms with E-state index < -0.39 is 0 Å². The molecule has 1 atom stereocenters. The SMILES string of the molecule is CCOc1ccccc1OCCC(C#N)c1cccc(OC)c1. The van der Waals surface area contributed by atoms with E-state index in [4.69, 9.17) is 14.2 Å². The smallest absolute Gasteiger partial charge is 0.161 e. The Labute approximate surface area is 137 Å². The highest BCUT2D eigenvalue weighted by molar-refractivity contribution is 5.39. The predicted molar refractivity (Wildman–Crippen MR) is 89.1 cm³/mol. The Bertz CT molecular complexity index is 664. The average Bonchev–Trinajstić information content (AvgIpc) is 2.60. The monoisotopic (exact) mass is 311 g/mol. The topological polar surface area (TPSA) is 51.5 Å². The van der Waals surface area contributed by atoms with Gasteiger partial charge in [-0.3, -0.25) is 0 Å². The third-order valence-corrected chi connectivity index (χ3v) is 3.47. The van der Waals surface area contributed by atoms with E-state index in [0.717, 1.165) is 17.1 Å². The van der Waals surface area contributed by atoms with Gasteiger partial charge in [0.2, 0.25) is 0 Å². The van der Waals surface area contributed by atoms with Crippen molar-refractivity contribution in [2.75, 3.05) is 20.3 Å². The molecule has 23 heavy (non-hydrogen) atoms. The molecule has 0 spiro atoms. The second-order valence-electron chi connectivity index (χ2n) is 4.98. The molecule has 2 aromatic carbocycles. The van der Waals surface area contributed by atoms with Crippen LogP contribution in [-0.2, 0) is 0 Å².